The summed E-state index contributed by atoms with van der Waals surface area (Å²) < 4.78 is 11.7. The molecule has 9 heteroatoms. The van der Waals surface area contributed by atoms with Gasteiger partial charge in [-0.25, -0.2) is 0 Å². The second-order valence-corrected chi connectivity index (χ2v) is 7.71. The van der Waals surface area contributed by atoms with Crippen LogP contribution in [0.4, 0.5) is 5.69 Å². The molecule has 1 aliphatic rings. The molecule has 0 unspecified atom stereocenters. The predicted molar refractivity (Wildman–Crippen MR) is 117 cm³/mol. The average molecular weight is 443 g/mol. The Labute approximate surface area is 183 Å². The quantitative estimate of drug-likeness (QED) is 0.403. The number of hydrogen-bond donors (Lipinski definition) is 2. The van der Waals surface area contributed by atoms with Gasteiger partial charge in [0.1, 0.15) is 0 Å². The Kier molecular flexibility index (Phi) is 5.96. The molecule has 0 saturated carbocycles. The van der Waals surface area contributed by atoms with Crippen molar-refractivity contribution in [3.8, 4) is 28.6 Å². The average Bonchev–Trinajstić information content (AvgIpc) is 2.92. The minimum Gasteiger partial charge on any atom is -0.503 e. The summed E-state index contributed by atoms with van der Waals surface area (Å²) in [7, 11) is 0. The van der Waals surface area contributed by atoms with Gasteiger partial charge in [0.25, 0.3) is 0 Å². The fourth-order valence-electron chi connectivity index (χ4n) is 3.00. The lowest BCUT2D eigenvalue weighted by Gasteiger charge is -2.20. The van der Waals surface area contributed by atoms with E-state index in [0.29, 0.717) is 34.7 Å². The Morgan fingerprint density at radius 1 is 1.33 bits per heavy atom. The third kappa shape index (κ3) is 4.01. The number of para-hydroxylation sites is 1. The van der Waals surface area contributed by atoms with Crippen LogP contribution in [0.1, 0.15) is 18.7 Å². The Morgan fingerprint density at radius 3 is 2.97 bits per heavy atom. The number of halogens is 1. The topological polar surface area (TPSA) is 89.4 Å². The van der Waals surface area contributed by atoms with E-state index in [0.717, 1.165) is 11.3 Å². The maximum atomic E-state index is 10.2. The van der Waals surface area contributed by atoms with E-state index in [1.54, 1.807) is 18.2 Å². The summed E-state index contributed by atoms with van der Waals surface area (Å²) in [5, 5.41) is 22.8. The van der Waals surface area contributed by atoms with Gasteiger partial charge < -0.3 is 19.9 Å². The number of hydrogen-bond acceptors (Lipinski definition) is 8. The van der Waals surface area contributed by atoms with E-state index >= 15 is 0 Å². The lowest BCUT2D eigenvalue weighted by molar-refractivity contribution is 0.224. The number of phenols is 1. The van der Waals surface area contributed by atoms with Gasteiger partial charge in [-0.3, -0.25) is 0 Å². The van der Waals surface area contributed by atoms with Crippen molar-refractivity contribution in [2.24, 2.45) is 0 Å². The molecule has 0 aliphatic carbocycles. The zero-order chi connectivity index (χ0) is 21.1. The highest BCUT2D eigenvalue weighted by atomic mass is 35.5. The van der Waals surface area contributed by atoms with E-state index in [1.807, 2.05) is 31.2 Å². The highest BCUT2D eigenvalue weighted by molar-refractivity contribution is 7.99. The molecule has 0 bridgehead atoms. The first-order valence-corrected chi connectivity index (χ1v) is 10.6. The normalized spacial score (nSPS) is 14.5. The summed E-state index contributed by atoms with van der Waals surface area (Å²) >= 11 is 7.65. The van der Waals surface area contributed by atoms with Crippen LogP contribution in [0, 0.1) is 0 Å². The van der Waals surface area contributed by atoms with Crippen molar-refractivity contribution in [3.63, 3.8) is 0 Å². The predicted octanol–water partition coefficient (Wildman–Crippen LogP) is 5.08. The third-order valence-corrected chi connectivity index (χ3v) is 5.44. The van der Waals surface area contributed by atoms with Gasteiger partial charge in [-0.05, 0) is 25.1 Å². The second-order valence-electron chi connectivity index (χ2n) is 6.32. The molecule has 1 aliphatic heterocycles. The molecule has 2 aromatic carbocycles. The SMILES string of the molecule is C=CCSc1nnc2c(n1)O[C@@H](c1cc(Cl)c(O)c(OCC)c1)Nc1ccccc1-2. The Balaban J connectivity index is 1.80. The summed E-state index contributed by atoms with van der Waals surface area (Å²) in [6.45, 7) is 5.93. The molecular weight excluding hydrogens is 424 g/mol. The molecule has 2 heterocycles. The van der Waals surface area contributed by atoms with Crippen molar-refractivity contribution in [2.75, 3.05) is 17.7 Å². The van der Waals surface area contributed by atoms with Gasteiger partial charge in [-0.1, -0.05) is 47.6 Å². The van der Waals surface area contributed by atoms with Gasteiger partial charge in [-0.15, -0.1) is 16.8 Å². The molecule has 0 radical (unpaired) electrons. The molecule has 0 amide bonds. The summed E-state index contributed by atoms with van der Waals surface area (Å²) in [6.07, 6.45) is 1.13. The van der Waals surface area contributed by atoms with Crippen LogP contribution in [0.25, 0.3) is 11.3 Å². The number of anilines is 1. The van der Waals surface area contributed by atoms with Crippen LogP contribution >= 0.6 is 23.4 Å². The molecule has 30 heavy (non-hydrogen) atoms. The number of ether oxygens (including phenoxy) is 2. The highest BCUT2D eigenvalue weighted by Gasteiger charge is 2.27. The van der Waals surface area contributed by atoms with E-state index in [2.05, 4.69) is 27.1 Å². The smallest absolute Gasteiger partial charge is 0.247 e. The monoisotopic (exact) mass is 442 g/mol. The van der Waals surface area contributed by atoms with Crippen LogP contribution in [0.3, 0.4) is 0 Å². The fraction of sp³-hybridized carbons (Fsp3) is 0.190. The zero-order valence-corrected chi connectivity index (χ0v) is 17.7. The lowest BCUT2D eigenvalue weighted by Crippen LogP contribution is -2.17. The fourth-order valence-corrected chi connectivity index (χ4v) is 3.74. The first kappa shape index (κ1) is 20.3. The van der Waals surface area contributed by atoms with Crippen molar-refractivity contribution in [1.29, 1.82) is 0 Å². The molecule has 0 fully saturated rings. The van der Waals surface area contributed by atoms with E-state index in [-0.39, 0.29) is 16.5 Å². The van der Waals surface area contributed by atoms with Crippen LogP contribution in [0.2, 0.25) is 5.02 Å². The Bertz CT molecular complexity index is 1100. The first-order valence-electron chi connectivity index (χ1n) is 9.27. The van der Waals surface area contributed by atoms with E-state index in [9.17, 15) is 5.11 Å². The summed E-state index contributed by atoms with van der Waals surface area (Å²) in [4.78, 5) is 4.55. The third-order valence-electron chi connectivity index (χ3n) is 4.32. The molecule has 0 spiro atoms. The number of nitrogens with one attached hydrogen (secondary N) is 1. The number of aromatic hydroxyl groups is 1. The highest BCUT2D eigenvalue weighted by Crippen LogP contribution is 2.42. The number of phenolic OH excluding ortho intramolecular Hbond substituents is 1. The number of nitrogens with zero attached hydrogens (tertiary/aromatic N) is 3. The van der Waals surface area contributed by atoms with Gasteiger partial charge in [0.15, 0.2) is 23.4 Å². The molecule has 1 atom stereocenters. The molecule has 2 N–H and O–H groups in total. The van der Waals surface area contributed by atoms with Crippen LogP contribution in [0.15, 0.2) is 54.2 Å². The molecule has 154 valence electrons. The lowest BCUT2D eigenvalue weighted by atomic mass is 10.1. The van der Waals surface area contributed by atoms with Crippen LogP contribution in [-0.4, -0.2) is 32.6 Å². The minimum absolute atomic E-state index is 0.108. The van der Waals surface area contributed by atoms with Crippen molar-refractivity contribution in [1.82, 2.24) is 15.2 Å². The van der Waals surface area contributed by atoms with Gasteiger partial charge in [0.2, 0.25) is 11.0 Å². The molecule has 4 rings (SSSR count). The second kappa shape index (κ2) is 8.81. The number of benzene rings is 2. The van der Waals surface area contributed by atoms with Crippen molar-refractivity contribution < 1.29 is 14.6 Å². The van der Waals surface area contributed by atoms with E-state index in [4.69, 9.17) is 21.1 Å². The Morgan fingerprint density at radius 2 is 2.17 bits per heavy atom. The zero-order valence-electron chi connectivity index (χ0n) is 16.1. The first-order chi connectivity index (χ1) is 14.6. The van der Waals surface area contributed by atoms with Crippen molar-refractivity contribution >= 4 is 29.1 Å². The van der Waals surface area contributed by atoms with Crippen LogP contribution < -0.4 is 14.8 Å². The number of rotatable bonds is 6. The molecular formula is C21H19ClN4O3S. The summed E-state index contributed by atoms with van der Waals surface area (Å²) in [5.74, 6) is 1.18. The Hall–Kier alpha value is -2.97. The summed E-state index contributed by atoms with van der Waals surface area (Å²) in [6, 6.07) is 11.0. The minimum atomic E-state index is -0.640. The maximum Gasteiger partial charge on any atom is 0.247 e. The molecule has 0 saturated heterocycles. The largest absolute Gasteiger partial charge is 0.503 e. The maximum absolute atomic E-state index is 10.2. The van der Waals surface area contributed by atoms with Crippen molar-refractivity contribution in [2.45, 2.75) is 18.3 Å². The van der Waals surface area contributed by atoms with Gasteiger partial charge in [0.05, 0.1) is 11.6 Å². The van der Waals surface area contributed by atoms with Gasteiger partial charge in [-0.2, -0.15) is 4.98 Å². The summed E-state index contributed by atoms with van der Waals surface area (Å²) in [5.41, 5.74) is 2.84. The standard InChI is InChI=1S/C21H19ClN4O3S/c1-3-9-30-21-24-20-17(25-26-21)13-7-5-6-8-15(13)23-19(29-20)12-10-14(22)18(27)16(11-12)28-4-2/h3,5-8,10-11,19,23,27H,1,4,9H2,2H3/t19-/m0/s1. The van der Waals surface area contributed by atoms with Crippen LogP contribution in [0.5, 0.6) is 17.4 Å². The van der Waals surface area contributed by atoms with Gasteiger partial charge in [0, 0.05) is 22.6 Å². The van der Waals surface area contributed by atoms with Gasteiger partial charge >= 0.3 is 0 Å². The van der Waals surface area contributed by atoms with E-state index < -0.39 is 6.23 Å². The number of fused-ring (bicyclic) bond motifs is 3. The van der Waals surface area contributed by atoms with Crippen molar-refractivity contribution in [3.05, 3.63) is 59.6 Å². The molecule has 1 aromatic heterocycles. The number of aromatic nitrogens is 3. The van der Waals surface area contributed by atoms with Crippen LogP contribution in [-0.2, 0) is 0 Å². The molecule has 3 aromatic rings. The van der Waals surface area contributed by atoms with E-state index in [1.165, 1.54) is 11.8 Å². The molecule has 7 nitrogen and oxygen atoms in total. The number of thioether (sulfide) groups is 1.